The number of carbonyl (C=O) groups excluding carboxylic acids is 1. The third-order valence-corrected chi connectivity index (χ3v) is 2.12. The summed E-state index contributed by atoms with van der Waals surface area (Å²) in [5, 5.41) is 10.7. The standard InChI is InChI=1S/C10H11N5O2/c1-2-17-9(16)7-3-5-8(6-4-7)15-10(11)12-13-14-15/h3-6H,2H2,1H3,(H2,11,12,14). The molecule has 1 aromatic carbocycles. The number of nitrogen functional groups attached to an aromatic ring is 1. The van der Waals surface area contributed by atoms with E-state index in [9.17, 15) is 4.79 Å². The topological polar surface area (TPSA) is 95.9 Å². The van der Waals surface area contributed by atoms with Crippen LogP contribution in [0.15, 0.2) is 24.3 Å². The van der Waals surface area contributed by atoms with Crippen molar-refractivity contribution in [2.24, 2.45) is 0 Å². The second kappa shape index (κ2) is 4.60. The second-order valence-electron chi connectivity index (χ2n) is 3.22. The first-order valence-corrected chi connectivity index (χ1v) is 5.03. The van der Waals surface area contributed by atoms with E-state index in [-0.39, 0.29) is 11.9 Å². The minimum Gasteiger partial charge on any atom is -0.462 e. The van der Waals surface area contributed by atoms with Gasteiger partial charge in [-0.15, -0.1) is 0 Å². The molecule has 0 spiro atoms. The molecule has 0 radical (unpaired) electrons. The molecule has 0 aliphatic heterocycles. The quantitative estimate of drug-likeness (QED) is 0.772. The van der Waals surface area contributed by atoms with Crippen molar-refractivity contribution in [3.8, 4) is 5.69 Å². The smallest absolute Gasteiger partial charge is 0.338 e. The lowest BCUT2D eigenvalue weighted by Gasteiger charge is -2.03. The van der Waals surface area contributed by atoms with Crippen molar-refractivity contribution in [2.75, 3.05) is 12.3 Å². The van der Waals surface area contributed by atoms with Gasteiger partial charge in [-0.25, -0.2) is 4.79 Å². The summed E-state index contributed by atoms with van der Waals surface area (Å²) in [6.45, 7) is 2.11. The molecule has 0 amide bonds. The van der Waals surface area contributed by atoms with Gasteiger partial charge >= 0.3 is 5.97 Å². The molecular formula is C10H11N5O2. The van der Waals surface area contributed by atoms with Crippen LogP contribution in [0.2, 0.25) is 0 Å². The van der Waals surface area contributed by atoms with Crippen molar-refractivity contribution in [1.29, 1.82) is 0 Å². The van der Waals surface area contributed by atoms with E-state index in [1.807, 2.05) is 0 Å². The molecule has 0 bridgehead atoms. The molecule has 0 fully saturated rings. The van der Waals surface area contributed by atoms with Crippen LogP contribution in [-0.2, 0) is 4.74 Å². The number of esters is 1. The van der Waals surface area contributed by atoms with Gasteiger partial charge in [-0.3, -0.25) is 0 Å². The van der Waals surface area contributed by atoms with Crippen molar-refractivity contribution >= 4 is 11.9 Å². The van der Waals surface area contributed by atoms with Gasteiger partial charge in [-0.05, 0) is 41.6 Å². The average molecular weight is 233 g/mol. The molecule has 88 valence electrons. The summed E-state index contributed by atoms with van der Waals surface area (Å²) < 4.78 is 6.24. The minimum atomic E-state index is -0.358. The highest BCUT2D eigenvalue weighted by Crippen LogP contribution is 2.11. The molecule has 0 unspecified atom stereocenters. The summed E-state index contributed by atoms with van der Waals surface area (Å²) in [7, 11) is 0. The van der Waals surface area contributed by atoms with Crippen LogP contribution in [0.25, 0.3) is 5.69 Å². The number of hydrogen-bond donors (Lipinski definition) is 1. The Labute approximate surface area is 97.2 Å². The molecule has 1 heterocycles. The second-order valence-corrected chi connectivity index (χ2v) is 3.22. The molecule has 2 rings (SSSR count). The molecule has 2 aromatic rings. The first-order chi connectivity index (χ1) is 8.22. The fourth-order valence-corrected chi connectivity index (χ4v) is 1.33. The van der Waals surface area contributed by atoms with Crippen LogP contribution in [0.5, 0.6) is 0 Å². The first kappa shape index (κ1) is 11.1. The fourth-order valence-electron chi connectivity index (χ4n) is 1.33. The summed E-state index contributed by atoms with van der Waals surface area (Å²) in [5.41, 5.74) is 6.71. The van der Waals surface area contributed by atoms with E-state index in [2.05, 4.69) is 15.5 Å². The SMILES string of the molecule is CCOC(=O)c1ccc(-n2nnnc2N)cc1. The lowest BCUT2D eigenvalue weighted by molar-refractivity contribution is 0.0526. The van der Waals surface area contributed by atoms with Crippen LogP contribution in [-0.4, -0.2) is 32.8 Å². The number of aromatic nitrogens is 4. The van der Waals surface area contributed by atoms with Gasteiger partial charge in [0.1, 0.15) is 0 Å². The van der Waals surface area contributed by atoms with Crippen molar-refractivity contribution < 1.29 is 9.53 Å². The Bertz CT molecular complexity index is 520. The number of anilines is 1. The summed E-state index contributed by atoms with van der Waals surface area (Å²) in [4.78, 5) is 11.4. The molecule has 0 aliphatic rings. The Morgan fingerprint density at radius 1 is 1.41 bits per heavy atom. The summed E-state index contributed by atoms with van der Waals surface area (Å²) in [6, 6.07) is 6.65. The molecule has 0 saturated carbocycles. The van der Waals surface area contributed by atoms with Crippen LogP contribution in [0.4, 0.5) is 5.95 Å². The van der Waals surface area contributed by atoms with E-state index in [0.29, 0.717) is 17.9 Å². The van der Waals surface area contributed by atoms with E-state index in [1.54, 1.807) is 31.2 Å². The van der Waals surface area contributed by atoms with Gasteiger partial charge in [0.15, 0.2) is 0 Å². The lowest BCUT2D eigenvalue weighted by atomic mass is 10.2. The molecule has 17 heavy (non-hydrogen) atoms. The molecule has 7 heteroatoms. The number of ether oxygens (including phenoxy) is 1. The first-order valence-electron chi connectivity index (χ1n) is 5.03. The van der Waals surface area contributed by atoms with Gasteiger partial charge in [0, 0.05) is 0 Å². The van der Waals surface area contributed by atoms with Gasteiger partial charge in [0.2, 0.25) is 5.95 Å². The zero-order chi connectivity index (χ0) is 12.3. The van der Waals surface area contributed by atoms with E-state index in [0.717, 1.165) is 0 Å². The van der Waals surface area contributed by atoms with Crippen molar-refractivity contribution in [3.05, 3.63) is 29.8 Å². The summed E-state index contributed by atoms with van der Waals surface area (Å²) in [6.07, 6.45) is 0. The highest BCUT2D eigenvalue weighted by molar-refractivity contribution is 5.89. The van der Waals surface area contributed by atoms with Gasteiger partial charge in [0.25, 0.3) is 0 Å². The number of nitrogens with two attached hydrogens (primary N) is 1. The normalized spacial score (nSPS) is 10.2. The Kier molecular flexibility index (Phi) is 2.99. The number of benzene rings is 1. The zero-order valence-corrected chi connectivity index (χ0v) is 9.20. The van der Waals surface area contributed by atoms with E-state index >= 15 is 0 Å². The van der Waals surface area contributed by atoms with E-state index < -0.39 is 0 Å². The highest BCUT2D eigenvalue weighted by Gasteiger charge is 2.08. The van der Waals surface area contributed by atoms with Crippen LogP contribution >= 0.6 is 0 Å². The van der Waals surface area contributed by atoms with Gasteiger partial charge in [-0.2, -0.15) is 4.68 Å². The summed E-state index contributed by atoms with van der Waals surface area (Å²) in [5.74, 6) is -0.169. The molecular weight excluding hydrogens is 222 g/mol. The van der Waals surface area contributed by atoms with Crippen LogP contribution < -0.4 is 5.73 Å². The van der Waals surface area contributed by atoms with E-state index in [1.165, 1.54) is 4.68 Å². The molecule has 7 nitrogen and oxygen atoms in total. The predicted octanol–water partition coefficient (Wildman–Crippen LogP) is 0.421. The van der Waals surface area contributed by atoms with Crippen molar-refractivity contribution in [3.63, 3.8) is 0 Å². The zero-order valence-electron chi connectivity index (χ0n) is 9.20. The number of tetrazole rings is 1. The Balaban J connectivity index is 2.25. The van der Waals surface area contributed by atoms with Crippen molar-refractivity contribution in [2.45, 2.75) is 6.92 Å². The molecule has 1 aromatic heterocycles. The predicted molar refractivity (Wildman–Crippen MR) is 59.5 cm³/mol. The maximum atomic E-state index is 11.4. The molecule has 0 saturated heterocycles. The number of hydrogen-bond acceptors (Lipinski definition) is 6. The molecule has 0 atom stereocenters. The minimum absolute atomic E-state index is 0.189. The summed E-state index contributed by atoms with van der Waals surface area (Å²) >= 11 is 0. The number of rotatable bonds is 3. The number of carbonyl (C=O) groups is 1. The Hall–Kier alpha value is -2.44. The maximum Gasteiger partial charge on any atom is 0.338 e. The molecule has 0 aliphatic carbocycles. The third kappa shape index (κ3) is 2.22. The van der Waals surface area contributed by atoms with Crippen LogP contribution in [0, 0.1) is 0 Å². The Morgan fingerprint density at radius 2 is 2.12 bits per heavy atom. The van der Waals surface area contributed by atoms with Crippen LogP contribution in [0.1, 0.15) is 17.3 Å². The van der Waals surface area contributed by atoms with Gasteiger partial charge in [0.05, 0.1) is 17.9 Å². The van der Waals surface area contributed by atoms with Gasteiger partial charge < -0.3 is 10.5 Å². The third-order valence-electron chi connectivity index (χ3n) is 2.12. The highest BCUT2D eigenvalue weighted by atomic mass is 16.5. The van der Waals surface area contributed by atoms with Crippen molar-refractivity contribution in [1.82, 2.24) is 20.2 Å². The van der Waals surface area contributed by atoms with Crippen LogP contribution in [0.3, 0.4) is 0 Å². The average Bonchev–Trinajstić information content (AvgIpc) is 2.76. The van der Waals surface area contributed by atoms with Gasteiger partial charge in [-0.1, -0.05) is 5.10 Å². The van der Waals surface area contributed by atoms with E-state index in [4.69, 9.17) is 10.5 Å². The monoisotopic (exact) mass is 233 g/mol. The number of nitrogens with zero attached hydrogens (tertiary/aromatic N) is 4. The Morgan fingerprint density at radius 3 is 2.65 bits per heavy atom. The largest absolute Gasteiger partial charge is 0.462 e. The fraction of sp³-hybridized carbons (Fsp3) is 0.200. The maximum absolute atomic E-state index is 11.4. The molecule has 2 N–H and O–H groups in total. The lowest BCUT2D eigenvalue weighted by Crippen LogP contribution is -2.06.